The zero-order valence-corrected chi connectivity index (χ0v) is 8.08. The summed E-state index contributed by atoms with van der Waals surface area (Å²) in [5.41, 5.74) is 5.85. The first-order chi connectivity index (χ1) is 5.63. The Morgan fingerprint density at radius 3 is 2.67 bits per heavy atom. The van der Waals surface area contributed by atoms with E-state index in [2.05, 4.69) is 4.90 Å². The molecule has 4 nitrogen and oxygen atoms in total. The van der Waals surface area contributed by atoms with Gasteiger partial charge in [-0.25, -0.2) is 0 Å². The normalized spacial score (nSPS) is 22.4. The van der Waals surface area contributed by atoms with E-state index >= 15 is 0 Å². The monoisotopic (exact) mass is 172 g/mol. The van der Waals surface area contributed by atoms with Crippen LogP contribution >= 0.6 is 0 Å². The van der Waals surface area contributed by atoms with Crippen LogP contribution in [0.4, 0.5) is 0 Å². The first-order valence-electron chi connectivity index (χ1n) is 4.23. The second-order valence-corrected chi connectivity index (χ2v) is 3.38. The van der Waals surface area contributed by atoms with Gasteiger partial charge in [-0.2, -0.15) is 0 Å². The average molecular weight is 172 g/mol. The minimum absolute atomic E-state index is 0.451. The Morgan fingerprint density at radius 1 is 1.58 bits per heavy atom. The maximum absolute atomic E-state index is 5.85. The fourth-order valence-corrected chi connectivity index (χ4v) is 1.33. The molecule has 0 amide bonds. The molecule has 0 spiro atoms. The van der Waals surface area contributed by atoms with Gasteiger partial charge < -0.3 is 4.74 Å². The Balaban J connectivity index is 2.57. The van der Waals surface area contributed by atoms with Crippen molar-refractivity contribution in [2.45, 2.75) is 12.5 Å². The number of likely N-dealkylation sites (N-methyl/N-ethyl adjacent to an activating group) is 1. The zero-order chi connectivity index (χ0) is 9.14. The highest BCUT2D eigenvalue weighted by Crippen LogP contribution is 2.09. The summed E-state index contributed by atoms with van der Waals surface area (Å²) in [6, 6.07) is 0.451. The molecule has 0 aliphatic carbocycles. The molecule has 1 atom stereocenters. The standard InChI is InChI=1S/C8H17N3O/c1-10(2)8(9)11(3)7-4-5-12-6-7/h7,9H,4-6H2,1-3H3/p+1. The number of guanidine groups is 1. The smallest absolute Gasteiger partial charge is 0.345 e. The van der Waals surface area contributed by atoms with Gasteiger partial charge in [-0.15, -0.1) is 0 Å². The summed E-state index contributed by atoms with van der Waals surface area (Å²) in [5.74, 6) is 0.797. The molecule has 1 aliphatic heterocycles. The molecule has 1 rings (SSSR count). The van der Waals surface area contributed by atoms with Crippen molar-refractivity contribution in [3.05, 3.63) is 0 Å². The van der Waals surface area contributed by atoms with Gasteiger partial charge in [0.2, 0.25) is 0 Å². The number of hydrogen-bond acceptors (Lipinski definition) is 1. The van der Waals surface area contributed by atoms with E-state index in [9.17, 15) is 0 Å². The summed E-state index contributed by atoms with van der Waals surface area (Å²) in [4.78, 5) is 2.08. The molecule has 1 heterocycles. The van der Waals surface area contributed by atoms with Crippen LogP contribution in [0.1, 0.15) is 6.42 Å². The summed E-state index contributed by atoms with van der Waals surface area (Å²) in [7, 11) is 5.90. The molecule has 0 aromatic heterocycles. The predicted octanol–water partition coefficient (Wildman–Crippen LogP) is -0.706. The van der Waals surface area contributed by atoms with Crippen molar-refractivity contribution in [2.75, 3.05) is 34.4 Å². The Kier molecular flexibility index (Phi) is 2.92. The molecule has 70 valence electrons. The van der Waals surface area contributed by atoms with Crippen molar-refractivity contribution >= 4 is 5.96 Å². The molecule has 0 aromatic carbocycles. The van der Waals surface area contributed by atoms with Crippen LogP contribution in [0.25, 0.3) is 0 Å². The second kappa shape index (κ2) is 3.76. The molecule has 2 N–H and O–H groups in total. The molecule has 1 aliphatic rings. The van der Waals surface area contributed by atoms with Crippen molar-refractivity contribution in [1.29, 1.82) is 0 Å². The van der Waals surface area contributed by atoms with E-state index < -0.39 is 0 Å². The predicted molar refractivity (Wildman–Crippen MR) is 48.3 cm³/mol. The summed E-state index contributed by atoms with van der Waals surface area (Å²) >= 11 is 0. The lowest BCUT2D eigenvalue weighted by molar-refractivity contribution is -0.471. The van der Waals surface area contributed by atoms with E-state index in [1.165, 1.54) is 0 Å². The fourth-order valence-electron chi connectivity index (χ4n) is 1.33. The summed E-state index contributed by atoms with van der Waals surface area (Å²) < 4.78 is 7.19. The maximum atomic E-state index is 5.85. The summed E-state index contributed by atoms with van der Waals surface area (Å²) in [5, 5.41) is 0. The first-order valence-corrected chi connectivity index (χ1v) is 4.23. The van der Waals surface area contributed by atoms with Crippen LogP contribution < -0.4 is 5.73 Å². The number of nitrogens with two attached hydrogens (primary N) is 1. The zero-order valence-electron chi connectivity index (χ0n) is 8.08. The van der Waals surface area contributed by atoms with E-state index in [0.717, 1.165) is 25.6 Å². The maximum Gasteiger partial charge on any atom is 0.345 e. The highest BCUT2D eigenvalue weighted by Gasteiger charge is 2.26. The topological polar surface area (TPSA) is 41.5 Å². The lowest BCUT2D eigenvalue weighted by atomic mass is 10.2. The van der Waals surface area contributed by atoms with Gasteiger partial charge in [-0.05, 0) is 0 Å². The summed E-state index contributed by atoms with van der Waals surface area (Å²) in [6.45, 7) is 1.65. The molecule has 0 bridgehead atoms. The third-order valence-electron chi connectivity index (χ3n) is 2.27. The van der Waals surface area contributed by atoms with Gasteiger partial charge in [0.05, 0.1) is 34.4 Å². The Bertz CT molecular complexity index is 181. The molecule has 4 heteroatoms. The molecular formula is C8H18N3O+. The Morgan fingerprint density at radius 2 is 2.25 bits per heavy atom. The number of hydrogen-bond donors (Lipinski definition) is 1. The minimum Gasteiger partial charge on any atom is -0.378 e. The number of rotatable bonds is 1. The molecule has 0 aromatic rings. The van der Waals surface area contributed by atoms with Gasteiger partial charge >= 0.3 is 5.96 Å². The van der Waals surface area contributed by atoms with E-state index in [-0.39, 0.29) is 0 Å². The van der Waals surface area contributed by atoms with Crippen LogP contribution in [-0.2, 0) is 4.74 Å². The van der Waals surface area contributed by atoms with Gasteiger partial charge in [-0.3, -0.25) is 15.2 Å². The molecule has 1 fully saturated rings. The van der Waals surface area contributed by atoms with E-state index in [0.29, 0.717) is 6.04 Å². The van der Waals surface area contributed by atoms with E-state index in [4.69, 9.17) is 10.5 Å². The van der Waals surface area contributed by atoms with Crippen molar-refractivity contribution in [3.63, 3.8) is 0 Å². The fraction of sp³-hybridized carbons (Fsp3) is 0.875. The Labute approximate surface area is 73.6 Å². The molecule has 12 heavy (non-hydrogen) atoms. The molecule has 1 saturated heterocycles. The van der Waals surface area contributed by atoms with Crippen molar-refractivity contribution in [3.8, 4) is 0 Å². The van der Waals surface area contributed by atoms with Gasteiger partial charge in [0.15, 0.2) is 0 Å². The molecular weight excluding hydrogens is 154 g/mol. The summed E-state index contributed by atoms with van der Waals surface area (Å²) in [6.07, 6.45) is 1.07. The lowest BCUT2D eigenvalue weighted by Crippen LogP contribution is -2.46. The number of ether oxygens (including phenoxy) is 1. The van der Waals surface area contributed by atoms with E-state index in [1.807, 2.05) is 25.7 Å². The third-order valence-corrected chi connectivity index (χ3v) is 2.27. The minimum atomic E-state index is 0.451. The molecule has 1 unspecified atom stereocenters. The molecule has 0 radical (unpaired) electrons. The van der Waals surface area contributed by atoms with Crippen molar-refractivity contribution in [2.24, 2.45) is 5.73 Å². The van der Waals surface area contributed by atoms with Crippen molar-refractivity contribution in [1.82, 2.24) is 4.90 Å². The van der Waals surface area contributed by atoms with Crippen LogP contribution in [0.2, 0.25) is 0 Å². The SMILES string of the molecule is CN(C(N)=[N+](C)C)C1CCOC1. The lowest BCUT2D eigenvalue weighted by Gasteiger charge is -2.18. The van der Waals surface area contributed by atoms with Crippen molar-refractivity contribution < 1.29 is 9.31 Å². The quantitative estimate of drug-likeness (QED) is 0.323. The largest absolute Gasteiger partial charge is 0.378 e. The third kappa shape index (κ3) is 1.88. The van der Waals surface area contributed by atoms with Crippen LogP contribution in [0.3, 0.4) is 0 Å². The second-order valence-electron chi connectivity index (χ2n) is 3.38. The number of nitrogens with zero attached hydrogens (tertiary/aromatic N) is 2. The van der Waals surface area contributed by atoms with Crippen LogP contribution in [0, 0.1) is 0 Å². The first kappa shape index (κ1) is 9.32. The Hall–Kier alpha value is -0.770. The highest BCUT2D eigenvalue weighted by atomic mass is 16.5. The average Bonchev–Trinajstić information content (AvgIpc) is 2.53. The van der Waals surface area contributed by atoms with Gasteiger partial charge in [-0.1, -0.05) is 0 Å². The van der Waals surface area contributed by atoms with Gasteiger partial charge in [0.25, 0.3) is 0 Å². The van der Waals surface area contributed by atoms with E-state index in [1.54, 1.807) is 0 Å². The molecule has 0 saturated carbocycles. The van der Waals surface area contributed by atoms with Gasteiger partial charge in [0.1, 0.15) is 6.04 Å². The van der Waals surface area contributed by atoms with Crippen LogP contribution in [0.15, 0.2) is 0 Å². The van der Waals surface area contributed by atoms with Gasteiger partial charge in [0, 0.05) is 6.42 Å². The van der Waals surface area contributed by atoms with Crippen LogP contribution in [0.5, 0.6) is 0 Å². The highest BCUT2D eigenvalue weighted by molar-refractivity contribution is 5.72. The van der Waals surface area contributed by atoms with Crippen LogP contribution in [-0.4, -0.2) is 55.8 Å².